The first-order valence-corrected chi connectivity index (χ1v) is 5.35. The lowest BCUT2D eigenvalue weighted by Gasteiger charge is -1.99. The molecular weight excluding hydrogens is 196 g/mol. The first kappa shape index (κ1) is 10.9. The first-order chi connectivity index (χ1) is 6.83. The number of carbonyl (C=O) groups excluding carboxylic acids is 1. The van der Waals surface area contributed by atoms with Crippen molar-refractivity contribution in [3.8, 4) is 0 Å². The molecule has 0 aliphatic heterocycles. The molecule has 0 aromatic carbocycles. The molecule has 0 fully saturated rings. The summed E-state index contributed by atoms with van der Waals surface area (Å²) in [6, 6.07) is 3.90. The van der Waals surface area contributed by atoms with Crippen LogP contribution in [0.2, 0.25) is 0 Å². The molecule has 3 N–H and O–H groups in total. The molecule has 0 spiro atoms. The van der Waals surface area contributed by atoms with E-state index in [2.05, 4.69) is 5.32 Å². The van der Waals surface area contributed by atoms with Crippen LogP contribution in [-0.4, -0.2) is 19.0 Å². The number of hydrogen-bond donors (Lipinski definition) is 2. The molecule has 0 saturated carbocycles. The van der Waals surface area contributed by atoms with Crippen LogP contribution < -0.4 is 11.1 Å². The summed E-state index contributed by atoms with van der Waals surface area (Å²) >= 11 is 1.60. The number of amides is 1. The van der Waals surface area contributed by atoms with Gasteiger partial charge < -0.3 is 11.1 Å². The molecule has 0 bridgehead atoms. The van der Waals surface area contributed by atoms with E-state index in [9.17, 15) is 4.79 Å². The molecule has 0 atom stereocenters. The van der Waals surface area contributed by atoms with Gasteiger partial charge in [-0.1, -0.05) is 18.2 Å². The van der Waals surface area contributed by atoms with Gasteiger partial charge in [-0.3, -0.25) is 4.79 Å². The quantitative estimate of drug-likeness (QED) is 0.710. The molecule has 0 radical (unpaired) electrons. The van der Waals surface area contributed by atoms with Crippen LogP contribution in [-0.2, 0) is 11.2 Å². The minimum absolute atomic E-state index is 0.0501. The highest BCUT2D eigenvalue weighted by atomic mass is 32.1. The Kier molecular flexibility index (Phi) is 4.96. The van der Waals surface area contributed by atoms with Crippen molar-refractivity contribution in [1.82, 2.24) is 5.32 Å². The standard InChI is InChI=1S/C10H14N2OS/c11-5-1-2-6-12-10(13)8-9-4-3-7-14-9/h1-4,7H,5-6,8,11H2,(H,12,13)/b2-1+. The topological polar surface area (TPSA) is 55.1 Å². The van der Waals surface area contributed by atoms with E-state index in [4.69, 9.17) is 5.73 Å². The van der Waals surface area contributed by atoms with Crippen LogP contribution in [0.25, 0.3) is 0 Å². The van der Waals surface area contributed by atoms with Crippen LogP contribution in [0, 0.1) is 0 Å². The van der Waals surface area contributed by atoms with Gasteiger partial charge in [0.05, 0.1) is 6.42 Å². The minimum Gasteiger partial charge on any atom is -0.352 e. The third kappa shape index (κ3) is 4.20. The third-order valence-corrected chi connectivity index (χ3v) is 2.51. The molecule has 4 heteroatoms. The molecule has 0 aliphatic carbocycles. The Balaban J connectivity index is 2.20. The third-order valence-electron chi connectivity index (χ3n) is 1.63. The van der Waals surface area contributed by atoms with Gasteiger partial charge in [0.25, 0.3) is 0 Å². The van der Waals surface area contributed by atoms with Crippen molar-refractivity contribution in [2.75, 3.05) is 13.1 Å². The van der Waals surface area contributed by atoms with Crippen molar-refractivity contribution in [3.05, 3.63) is 34.5 Å². The Morgan fingerprint density at radius 2 is 2.43 bits per heavy atom. The Hall–Kier alpha value is -1.13. The fraction of sp³-hybridized carbons (Fsp3) is 0.300. The summed E-state index contributed by atoms with van der Waals surface area (Å²) in [6.07, 6.45) is 4.14. The fourth-order valence-corrected chi connectivity index (χ4v) is 1.69. The normalized spacial score (nSPS) is 10.6. The van der Waals surface area contributed by atoms with Crippen molar-refractivity contribution in [1.29, 1.82) is 0 Å². The second-order valence-electron chi connectivity index (χ2n) is 2.77. The molecule has 0 saturated heterocycles. The summed E-state index contributed by atoms with van der Waals surface area (Å²) in [5, 5.41) is 4.75. The van der Waals surface area contributed by atoms with Crippen LogP contribution in [0.4, 0.5) is 0 Å². The van der Waals surface area contributed by atoms with E-state index in [1.54, 1.807) is 11.3 Å². The molecule has 1 aromatic heterocycles. The highest BCUT2D eigenvalue weighted by Gasteiger charge is 2.01. The minimum atomic E-state index is 0.0501. The van der Waals surface area contributed by atoms with Gasteiger partial charge in [0, 0.05) is 18.0 Å². The zero-order chi connectivity index (χ0) is 10.2. The number of hydrogen-bond acceptors (Lipinski definition) is 3. The Bertz CT molecular complexity index is 293. The Morgan fingerprint density at radius 3 is 3.07 bits per heavy atom. The van der Waals surface area contributed by atoms with Gasteiger partial charge in [-0.05, 0) is 11.4 Å². The highest BCUT2D eigenvalue weighted by molar-refractivity contribution is 7.10. The van der Waals surface area contributed by atoms with Crippen LogP contribution in [0.15, 0.2) is 29.7 Å². The lowest BCUT2D eigenvalue weighted by molar-refractivity contribution is -0.120. The zero-order valence-corrected chi connectivity index (χ0v) is 8.72. The average Bonchev–Trinajstić information content (AvgIpc) is 2.65. The zero-order valence-electron chi connectivity index (χ0n) is 7.90. The number of carbonyl (C=O) groups is 1. The van der Waals surface area contributed by atoms with E-state index in [-0.39, 0.29) is 5.91 Å². The maximum Gasteiger partial charge on any atom is 0.225 e. The summed E-state index contributed by atoms with van der Waals surface area (Å²) in [4.78, 5) is 12.4. The smallest absolute Gasteiger partial charge is 0.225 e. The van der Waals surface area contributed by atoms with E-state index in [1.807, 2.05) is 29.7 Å². The molecular formula is C10H14N2OS. The van der Waals surface area contributed by atoms with Gasteiger partial charge in [-0.25, -0.2) is 0 Å². The van der Waals surface area contributed by atoms with Gasteiger partial charge in [0.2, 0.25) is 5.91 Å². The molecule has 1 rings (SSSR count). The molecule has 1 amide bonds. The van der Waals surface area contributed by atoms with Crippen LogP contribution in [0.1, 0.15) is 4.88 Å². The molecule has 76 valence electrons. The molecule has 3 nitrogen and oxygen atoms in total. The SMILES string of the molecule is NC/C=C/CNC(=O)Cc1cccs1. The van der Waals surface area contributed by atoms with Gasteiger partial charge in [-0.15, -0.1) is 11.3 Å². The van der Waals surface area contributed by atoms with Crippen molar-refractivity contribution in [2.45, 2.75) is 6.42 Å². The second kappa shape index (κ2) is 6.34. The maximum absolute atomic E-state index is 11.3. The summed E-state index contributed by atoms with van der Waals surface area (Å²) in [7, 11) is 0. The van der Waals surface area contributed by atoms with E-state index in [1.165, 1.54) is 0 Å². The predicted molar refractivity (Wildman–Crippen MR) is 59.2 cm³/mol. The Labute approximate surface area is 87.6 Å². The summed E-state index contributed by atoms with van der Waals surface area (Å²) < 4.78 is 0. The lowest BCUT2D eigenvalue weighted by atomic mass is 10.3. The van der Waals surface area contributed by atoms with E-state index >= 15 is 0 Å². The fourth-order valence-electron chi connectivity index (χ4n) is 0.986. The van der Waals surface area contributed by atoms with Crippen LogP contribution >= 0.6 is 11.3 Å². The molecule has 0 unspecified atom stereocenters. The van der Waals surface area contributed by atoms with E-state index in [0.29, 0.717) is 19.5 Å². The highest BCUT2D eigenvalue weighted by Crippen LogP contribution is 2.08. The first-order valence-electron chi connectivity index (χ1n) is 4.47. The monoisotopic (exact) mass is 210 g/mol. The van der Waals surface area contributed by atoms with Gasteiger partial charge in [0.1, 0.15) is 0 Å². The predicted octanol–water partition coefficient (Wildman–Crippen LogP) is 0.922. The van der Waals surface area contributed by atoms with Gasteiger partial charge >= 0.3 is 0 Å². The summed E-state index contributed by atoms with van der Waals surface area (Å²) in [5.74, 6) is 0.0501. The number of nitrogens with two attached hydrogens (primary N) is 1. The maximum atomic E-state index is 11.3. The summed E-state index contributed by atoms with van der Waals surface area (Å²) in [6.45, 7) is 1.07. The molecule has 1 aromatic rings. The number of rotatable bonds is 5. The molecule has 14 heavy (non-hydrogen) atoms. The van der Waals surface area contributed by atoms with Crippen molar-refractivity contribution < 1.29 is 4.79 Å². The van der Waals surface area contributed by atoms with Crippen molar-refractivity contribution in [3.63, 3.8) is 0 Å². The van der Waals surface area contributed by atoms with Gasteiger partial charge in [0.15, 0.2) is 0 Å². The second-order valence-corrected chi connectivity index (χ2v) is 3.80. The number of nitrogens with one attached hydrogen (secondary N) is 1. The van der Waals surface area contributed by atoms with Gasteiger partial charge in [-0.2, -0.15) is 0 Å². The number of thiophene rings is 1. The van der Waals surface area contributed by atoms with Crippen molar-refractivity contribution in [2.24, 2.45) is 5.73 Å². The van der Waals surface area contributed by atoms with E-state index < -0.39 is 0 Å². The largest absolute Gasteiger partial charge is 0.352 e. The summed E-state index contributed by atoms with van der Waals surface area (Å²) in [5.41, 5.74) is 5.26. The van der Waals surface area contributed by atoms with Crippen LogP contribution in [0.3, 0.4) is 0 Å². The Morgan fingerprint density at radius 1 is 1.57 bits per heavy atom. The average molecular weight is 210 g/mol. The lowest BCUT2D eigenvalue weighted by Crippen LogP contribution is -2.24. The van der Waals surface area contributed by atoms with Crippen LogP contribution in [0.5, 0.6) is 0 Å². The molecule has 1 heterocycles. The van der Waals surface area contributed by atoms with E-state index in [0.717, 1.165) is 4.88 Å². The van der Waals surface area contributed by atoms with Crippen molar-refractivity contribution >= 4 is 17.2 Å². The molecule has 0 aliphatic rings.